The van der Waals surface area contributed by atoms with E-state index in [4.69, 9.17) is 4.63 Å². The molecule has 0 radical (unpaired) electrons. The maximum atomic E-state index is 11.3. The molecule has 27 heavy (non-hydrogen) atoms. The minimum Gasteiger partial charge on any atom is -0.332 e. The third-order valence-electron chi connectivity index (χ3n) is 4.42. The molecule has 0 saturated heterocycles. The fourth-order valence-electron chi connectivity index (χ4n) is 3.11. The summed E-state index contributed by atoms with van der Waals surface area (Å²) in [5, 5.41) is 19.0. The molecular formula is C19H15N5O3. The summed E-state index contributed by atoms with van der Waals surface area (Å²) in [6, 6.07) is 16.6. The molecule has 0 spiro atoms. The van der Waals surface area contributed by atoms with E-state index in [-0.39, 0.29) is 17.2 Å². The van der Waals surface area contributed by atoms with Gasteiger partial charge in [0.2, 0.25) is 5.52 Å². The van der Waals surface area contributed by atoms with Crippen molar-refractivity contribution in [2.45, 2.75) is 13.0 Å². The van der Waals surface area contributed by atoms with Gasteiger partial charge in [-0.1, -0.05) is 24.3 Å². The molecule has 0 N–H and O–H groups in total. The van der Waals surface area contributed by atoms with Crippen molar-refractivity contribution in [1.29, 1.82) is 0 Å². The molecule has 1 unspecified atom stereocenters. The van der Waals surface area contributed by atoms with E-state index in [0.29, 0.717) is 11.2 Å². The Bertz CT molecular complexity index is 1080. The van der Waals surface area contributed by atoms with Crippen molar-refractivity contribution in [2.24, 2.45) is 0 Å². The summed E-state index contributed by atoms with van der Waals surface area (Å²) < 4.78 is 4.82. The maximum absolute atomic E-state index is 11.3. The van der Waals surface area contributed by atoms with Crippen LogP contribution in [0.5, 0.6) is 0 Å². The average molecular weight is 361 g/mol. The second kappa shape index (κ2) is 6.83. The lowest BCUT2D eigenvalue weighted by Crippen LogP contribution is -2.22. The average Bonchev–Trinajstić information content (AvgIpc) is 3.19. The van der Waals surface area contributed by atoms with Gasteiger partial charge < -0.3 is 4.90 Å². The first-order valence-electron chi connectivity index (χ1n) is 8.30. The van der Waals surface area contributed by atoms with E-state index in [9.17, 15) is 10.1 Å². The number of hydrogen-bond donors (Lipinski definition) is 0. The molecule has 0 fully saturated rings. The number of benzene rings is 2. The molecule has 4 aromatic rings. The monoisotopic (exact) mass is 361 g/mol. The van der Waals surface area contributed by atoms with Crippen molar-refractivity contribution in [3.63, 3.8) is 0 Å². The SMILES string of the molecule is CC(c1cccnc1)N(c1ccccc1)c1ccc([N+](=O)[O-])c2nonc12. The number of hydrogen-bond acceptors (Lipinski definition) is 7. The molecule has 0 saturated carbocycles. The van der Waals surface area contributed by atoms with Crippen LogP contribution >= 0.6 is 0 Å². The minimum atomic E-state index is -0.492. The van der Waals surface area contributed by atoms with Gasteiger partial charge in [0.05, 0.1) is 16.7 Å². The number of pyridine rings is 1. The number of fused-ring (bicyclic) bond motifs is 1. The Morgan fingerprint density at radius 3 is 2.52 bits per heavy atom. The number of rotatable bonds is 5. The summed E-state index contributed by atoms with van der Waals surface area (Å²) >= 11 is 0. The van der Waals surface area contributed by atoms with Crippen LogP contribution in [0.3, 0.4) is 0 Å². The van der Waals surface area contributed by atoms with Crippen LogP contribution in [0.1, 0.15) is 18.5 Å². The van der Waals surface area contributed by atoms with Crippen molar-refractivity contribution in [1.82, 2.24) is 15.3 Å². The van der Waals surface area contributed by atoms with E-state index in [2.05, 4.69) is 15.3 Å². The number of nitro benzene ring substituents is 1. The second-order valence-electron chi connectivity index (χ2n) is 5.99. The highest BCUT2D eigenvalue weighted by atomic mass is 16.6. The van der Waals surface area contributed by atoms with Gasteiger partial charge in [0.15, 0.2) is 5.52 Å². The zero-order valence-electron chi connectivity index (χ0n) is 14.4. The number of nitro groups is 1. The van der Waals surface area contributed by atoms with E-state index < -0.39 is 4.92 Å². The van der Waals surface area contributed by atoms with Crippen molar-refractivity contribution < 1.29 is 9.55 Å². The fourth-order valence-corrected chi connectivity index (χ4v) is 3.11. The molecule has 0 amide bonds. The molecule has 8 nitrogen and oxygen atoms in total. The van der Waals surface area contributed by atoms with Crippen molar-refractivity contribution in [3.8, 4) is 0 Å². The number of anilines is 2. The van der Waals surface area contributed by atoms with Crippen LogP contribution in [-0.4, -0.2) is 20.2 Å². The zero-order chi connectivity index (χ0) is 18.8. The van der Waals surface area contributed by atoms with E-state index in [1.54, 1.807) is 18.5 Å². The predicted molar refractivity (Wildman–Crippen MR) is 99.7 cm³/mol. The topological polar surface area (TPSA) is 98.2 Å². The number of non-ortho nitro benzene ring substituents is 1. The first kappa shape index (κ1) is 16.6. The molecule has 134 valence electrons. The summed E-state index contributed by atoms with van der Waals surface area (Å²) in [5.41, 5.74) is 2.88. The number of nitrogens with zero attached hydrogens (tertiary/aromatic N) is 5. The first-order valence-corrected chi connectivity index (χ1v) is 8.30. The van der Waals surface area contributed by atoms with Crippen LogP contribution < -0.4 is 4.90 Å². The Balaban J connectivity index is 1.92. The number of aromatic nitrogens is 3. The van der Waals surface area contributed by atoms with Crippen LogP contribution in [0.15, 0.2) is 71.6 Å². The molecule has 2 heterocycles. The largest absolute Gasteiger partial charge is 0.332 e. The highest BCUT2D eigenvalue weighted by Gasteiger charge is 2.26. The molecular weight excluding hydrogens is 346 g/mol. The van der Waals surface area contributed by atoms with Gasteiger partial charge in [0.25, 0.3) is 0 Å². The van der Waals surface area contributed by atoms with Crippen LogP contribution in [0, 0.1) is 10.1 Å². The standard InChI is InChI=1S/C19H15N5O3/c1-13(14-6-5-11-20-12-14)23(15-7-3-2-4-8-15)16-9-10-17(24(25)26)19-18(16)21-27-22-19/h2-13H,1H3. The molecule has 8 heteroatoms. The van der Waals surface area contributed by atoms with E-state index in [1.807, 2.05) is 54.3 Å². The Labute approximate surface area is 154 Å². The highest BCUT2D eigenvalue weighted by molar-refractivity contribution is 5.95. The third-order valence-corrected chi connectivity index (χ3v) is 4.42. The lowest BCUT2D eigenvalue weighted by molar-refractivity contribution is -0.383. The first-order chi connectivity index (χ1) is 13.2. The molecule has 0 bridgehead atoms. The minimum absolute atomic E-state index is 0.109. The molecule has 0 aliphatic heterocycles. The summed E-state index contributed by atoms with van der Waals surface area (Å²) in [5.74, 6) is 0. The van der Waals surface area contributed by atoms with Gasteiger partial charge in [-0.25, -0.2) is 4.63 Å². The molecule has 4 rings (SSSR count). The number of para-hydroxylation sites is 1. The van der Waals surface area contributed by atoms with Crippen molar-refractivity contribution in [3.05, 3.63) is 82.7 Å². The van der Waals surface area contributed by atoms with Gasteiger partial charge in [-0.05, 0) is 47.1 Å². The summed E-state index contributed by atoms with van der Waals surface area (Å²) in [6.07, 6.45) is 3.51. The molecule has 2 aromatic heterocycles. The van der Waals surface area contributed by atoms with Gasteiger partial charge in [-0.15, -0.1) is 0 Å². The third kappa shape index (κ3) is 2.97. The van der Waals surface area contributed by atoms with Crippen molar-refractivity contribution >= 4 is 28.1 Å². The lowest BCUT2D eigenvalue weighted by atomic mass is 10.1. The van der Waals surface area contributed by atoms with Gasteiger partial charge in [-0.3, -0.25) is 15.1 Å². The van der Waals surface area contributed by atoms with Gasteiger partial charge >= 0.3 is 5.69 Å². The molecule has 2 aromatic carbocycles. The Morgan fingerprint density at radius 2 is 1.81 bits per heavy atom. The molecule has 1 atom stereocenters. The van der Waals surface area contributed by atoms with Gasteiger partial charge in [0.1, 0.15) is 0 Å². The Kier molecular flexibility index (Phi) is 4.21. The van der Waals surface area contributed by atoms with E-state index in [0.717, 1.165) is 11.3 Å². The molecule has 0 aliphatic rings. The van der Waals surface area contributed by atoms with Crippen molar-refractivity contribution in [2.75, 3.05) is 4.90 Å². The van der Waals surface area contributed by atoms with Gasteiger partial charge in [0, 0.05) is 24.1 Å². The Hall–Kier alpha value is -3.81. The van der Waals surface area contributed by atoms with Crippen LogP contribution in [-0.2, 0) is 0 Å². The summed E-state index contributed by atoms with van der Waals surface area (Å²) in [7, 11) is 0. The maximum Gasteiger partial charge on any atom is 0.300 e. The quantitative estimate of drug-likeness (QED) is 0.383. The van der Waals surface area contributed by atoms with Crippen LogP contribution in [0.25, 0.3) is 11.0 Å². The summed E-state index contributed by atoms with van der Waals surface area (Å²) in [6.45, 7) is 2.03. The predicted octanol–water partition coefficient (Wildman–Crippen LogP) is 4.43. The summed E-state index contributed by atoms with van der Waals surface area (Å²) in [4.78, 5) is 17.0. The second-order valence-corrected chi connectivity index (χ2v) is 5.99. The normalized spacial score (nSPS) is 12.0. The fraction of sp³-hybridized carbons (Fsp3) is 0.105. The highest BCUT2D eigenvalue weighted by Crippen LogP contribution is 2.40. The van der Waals surface area contributed by atoms with E-state index in [1.165, 1.54) is 6.07 Å². The smallest absolute Gasteiger partial charge is 0.300 e. The van der Waals surface area contributed by atoms with Gasteiger partial charge in [-0.2, -0.15) is 0 Å². The van der Waals surface area contributed by atoms with Crippen LogP contribution in [0.2, 0.25) is 0 Å². The lowest BCUT2D eigenvalue weighted by Gasteiger charge is -2.31. The molecule has 0 aliphatic carbocycles. The van der Waals surface area contributed by atoms with Crippen LogP contribution in [0.4, 0.5) is 17.1 Å². The Morgan fingerprint density at radius 1 is 1.04 bits per heavy atom. The van der Waals surface area contributed by atoms with E-state index >= 15 is 0 Å². The zero-order valence-corrected chi connectivity index (χ0v) is 14.4.